The summed E-state index contributed by atoms with van der Waals surface area (Å²) in [6, 6.07) is 9.09. The highest BCUT2D eigenvalue weighted by Crippen LogP contribution is 2.37. The Morgan fingerprint density at radius 3 is 2.28 bits per heavy atom. The second-order valence-corrected chi connectivity index (χ2v) is 16.3. The number of hydrogen-bond donors (Lipinski definition) is 4. The number of carbonyl (C=O) groups excluding carboxylic acids is 1. The van der Waals surface area contributed by atoms with Gasteiger partial charge in [0.2, 0.25) is 6.79 Å². The lowest BCUT2D eigenvalue weighted by atomic mass is 9.74. The van der Waals surface area contributed by atoms with Crippen LogP contribution in [0, 0.1) is 23.7 Å². The zero-order chi connectivity index (χ0) is 40.8. The summed E-state index contributed by atoms with van der Waals surface area (Å²) in [5, 5.41) is 51.1. The zero-order valence-electron chi connectivity index (χ0n) is 34.9. The van der Waals surface area contributed by atoms with Gasteiger partial charge in [0.05, 0.1) is 54.9 Å². The minimum atomic E-state index is -1.64. The number of aliphatic hydroxyl groups excluding tert-OH is 2. The average molecular weight is 769 g/mol. The van der Waals surface area contributed by atoms with E-state index in [0.717, 1.165) is 5.56 Å². The molecular formula is C41H72N2O11. The Bertz CT molecular complexity index is 1240. The lowest BCUT2D eigenvalue weighted by Crippen LogP contribution is -2.59. The van der Waals surface area contributed by atoms with Gasteiger partial charge in [0.1, 0.15) is 12.2 Å². The fourth-order valence-electron chi connectivity index (χ4n) is 7.77. The van der Waals surface area contributed by atoms with Gasteiger partial charge in [-0.25, -0.2) is 0 Å². The first-order valence-electron chi connectivity index (χ1n) is 19.5. The van der Waals surface area contributed by atoms with Crippen molar-refractivity contribution in [2.45, 2.75) is 148 Å². The maximum absolute atomic E-state index is 13.3. The van der Waals surface area contributed by atoms with Crippen molar-refractivity contribution in [1.82, 2.24) is 4.90 Å². The van der Waals surface area contributed by atoms with E-state index in [0.29, 0.717) is 38.2 Å². The maximum atomic E-state index is 13.3. The molecule has 0 aliphatic carbocycles. The molecule has 1 saturated heterocycles. The second-order valence-electron chi connectivity index (χ2n) is 16.3. The van der Waals surface area contributed by atoms with Crippen molar-refractivity contribution in [1.29, 1.82) is 0 Å². The number of likely N-dealkylation sites (N-methyl/N-ethyl adjacent to an activating group) is 1. The van der Waals surface area contributed by atoms with Crippen molar-refractivity contribution in [3.8, 4) is 0 Å². The summed E-state index contributed by atoms with van der Waals surface area (Å²) >= 11 is 0. The van der Waals surface area contributed by atoms with E-state index in [1.54, 1.807) is 27.9 Å². The number of hydrogen-bond acceptors (Lipinski definition) is 13. The molecule has 2 rings (SSSR count). The van der Waals surface area contributed by atoms with Crippen LogP contribution >= 0.6 is 0 Å². The molecule has 54 heavy (non-hydrogen) atoms. The normalized spacial score (nSPS) is 25.3. The van der Waals surface area contributed by atoms with Crippen LogP contribution in [0.15, 0.2) is 35.5 Å². The second kappa shape index (κ2) is 22.5. The van der Waals surface area contributed by atoms with Gasteiger partial charge in [-0.1, -0.05) is 83.5 Å². The minimum Gasteiger partial charge on any atom is -0.461 e. The van der Waals surface area contributed by atoms with E-state index >= 15 is 0 Å². The smallest absolute Gasteiger partial charge is 0.310 e. The minimum absolute atomic E-state index is 0.0555. The number of oxime groups is 1. The van der Waals surface area contributed by atoms with Crippen molar-refractivity contribution in [3.05, 3.63) is 35.9 Å². The maximum Gasteiger partial charge on any atom is 0.310 e. The topological polar surface area (TPSA) is 169 Å². The molecule has 1 aliphatic rings. The third kappa shape index (κ3) is 14.4. The van der Waals surface area contributed by atoms with Crippen LogP contribution in [-0.2, 0) is 39.7 Å². The Balaban J connectivity index is 2.54. The van der Waals surface area contributed by atoms with E-state index in [4.69, 9.17) is 28.5 Å². The molecule has 13 nitrogen and oxygen atoms in total. The first kappa shape index (κ1) is 48.0. The molecule has 4 N–H and O–H groups in total. The van der Waals surface area contributed by atoms with Crippen molar-refractivity contribution < 1.29 is 53.7 Å². The third-order valence-corrected chi connectivity index (χ3v) is 10.6. The number of carbonyl (C=O) groups is 1. The number of benzene rings is 1. The number of methoxy groups -OCH3 is 1. The van der Waals surface area contributed by atoms with Gasteiger partial charge < -0.3 is 53.8 Å². The molecule has 0 spiro atoms. The van der Waals surface area contributed by atoms with E-state index < -0.39 is 65.6 Å². The van der Waals surface area contributed by atoms with Crippen LogP contribution in [-0.4, -0.2) is 132 Å². The van der Waals surface area contributed by atoms with Gasteiger partial charge in [0.15, 0.2) is 6.29 Å². The molecule has 0 bridgehead atoms. The molecule has 1 aromatic rings. The summed E-state index contributed by atoms with van der Waals surface area (Å²) in [7, 11) is 5.35. The lowest BCUT2D eigenvalue weighted by molar-refractivity contribution is -0.299. The molecule has 0 amide bonds. The van der Waals surface area contributed by atoms with Crippen LogP contribution in [0.4, 0.5) is 0 Å². The van der Waals surface area contributed by atoms with Crippen LogP contribution < -0.4 is 0 Å². The predicted octanol–water partition coefficient (Wildman–Crippen LogP) is 4.56. The van der Waals surface area contributed by atoms with E-state index in [2.05, 4.69) is 5.16 Å². The van der Waals surface area contributed by atoms with Gasteiger partial charge in [-0.15, -0.1) is 0 Å². The number of nitrogens with zero attached hydrogens (tertiary/aromatic N) is 2. The molecule has 312 valence electrons. The number of ether oxygens (including phenoxy) is 5. The highest BCUT2D eigenvalue weighted by atomic mass is 16.7. The SMILES string of the molecule is CCCC(C)(O)C(O)C(C)C(=NOCOCCOC)C(C)CC(C)(O)C(O[C@@H]1O[C@H](C)C[C@H](N(C)C)[C@H]1O)C(C)C(OC(=O)Cc1ccccc1)C(C)C. The largest absolute Gasteiger partial charge is 0.461 e. The average Bonchev–Trinajstić information content (AvgIpc) is 3.09. The standard InChI is InChI=1S/C41H72N2O11/c1-13-19-40(8,47)37(46)29(6)34(42-51-25-50-21-20-49-12)27(4)24-41(9,48)38(54-39-35(45)32(43(10)11)22-28(5)52-39)30(7)36(26(2)3)53-33(44)23-31-17-15-14-16-18-31/h14-18,26-30,32,35-39,45-48H,13,19-25H2,1-12H3/t27?,28-,29?,30?,32+,35-,36?,37?,38?,39+,40?,41?/m1/s1. The first-order chi connectivity index (χ1) is 25.3. The summed E-state index contributed by atoms with van der Waals surface area (Å²) in [6.45, 7) is 17.0. The van der Waals surface area contributed by atoms with Crippen molar-refractivity contribution in [2.24, 2.45) is 28.8 Å². The number of esters is 1. The first-order valence-corrected chi connectivity index (χ1v) is 19.5. The Labute approximate surface area is 324 Å². The van der Waals surface area contributed by atoms with Crippen molar-refractivity contribution in [3.63, 3.8) is 0 Å². The van der Waals surface area contributed by atoms with Crippen LogP contribution in [0.2, 0.25) is 0 Å². The van der Waals surface area contributed by atoms with E-state index in [1.807, 2.05) is 90.9 Å². The van der Waals surface area contributed by atoms with Gasteiger partial charge in [-0.3, -0.25) is 4.79 Å². The summed E-state index contributed by atoms with van der Waals surface area (Å²) in [5.41, 5.74) is -1.82. The molecule has 0 aromatic heterocycles. The number of rotatable bonds is 24. The summed E-state index contributed by atoms with van der Waals surface area (Å²) in [4.78, 5) is 20.8. The molecule has 0 radical (unpaired) electrons. The van der Waals surface area contributed by atoms with E-state index in [-0.39, 0.29) is 37.7 Å². The highest BCUT2D eigenvalue weighted by molar-refractivity contribution is 5.88. The van der Waals surface area contributed by atoms with Crippen LogP contribution in [0.1, 0.15) is 93.6 Å². The fourth-order valence-corrected chi connectivity index (χ4v) is 7.77. The Morgan fingerprint density at radius 1 is 1.06 bits per heavy atom. The molecule has 0 saturated carbocycles. The van der Waals surface area contributed by atoms with E-state index in [1.165, 1.54) is 0 Å². The third-order valence-electron chi connectivity index (χ3n) is 10.6. The van der Waals surface area contributed by atoms with Gasteiger partial charge in [0, 0.05) is 30.9 Å². The van der Waals surface area contributed by atoms with E-state index in [9.17, 15) is 25.2 Å². The van der Waals surface area contributed by atoms with Crippen LogP contribution in [0.3, 0.4) is 0 Å². The quantitative estimate of drug-likeness (QED) is 0.0381. The fraction of sp³-hybridized carbons (Fsp3) is 0.805. The monoisotopic (exact) mass is 769 g/mol. The van der Waals surface area contributed by atoms with Crippen LogP contribution in [0.25, 0.3) is 0 Å². The molecule has 12 atom stereocenters. The zero-order valence-corrected chi connectivity index (χ0v) is 34.9. The molecular weight excluding hydrogens is 696 g/mol. The molecule has 1 aromatic carbocycles. The Morgan fingerprint density at radius 2 is 1.70 bits per heavy atom. The Hall–Kier alpha value is -2.20. The molecule has 1 aliphatic heterocycles. The molecule has 1 heterocycles. The Kier molecular flexibility index (Phi) is 20.0. The van der Waals surface area contributed by atoms with Gasteiger partial charge in [0.25, 0.3) is 0 Å². The van der Waals surface area contributed by atoms with Gasteiger partial charge in [-0.05, 0) is 65.6 Å². The van der Waals surface area contributed by atoms with Crippen molar-refractivity contribution in [2.75, 3.05) is 41.2 Å². The highest BCUT2D eigenvalue weighted by Gasteiger charge is 2.48. The number of aliphatic hydroxyl groups is 4. The molecule has 13 heteroatoms. The molecule has 8 unspecified atom stereocenters. The van der Waals surface area contributed by atoms with Crippen LogP contribution in [0.5, 0.6) is 0 Å². The summed E-state index contributed by atoms with van der Waals surface area (Å²) < 4.78 is 29.5. The summed E-state index contributed by atoms with van der Waals surface area (Å²) in [6.07, 6.45) is -3.51. The van der Waals surface area contributed by atoms with Crippen molar-refractivity contribution >= 4 is 11.7 Å². The van der Waals surface area contributed by atoms with Gasteiger partial charge >= 0.3 is 5.97 Å². The molecule has 1 fully saturated rings. The predicted molar refractivity (Wildman–Crippen MR) is 208 cm³/mol. The summed E-state index contributed by atoms with van der Waals surface area (Å²) in [5.74, 6) is -2.36. The van der Waals surface area contributed by atoms with Gasteiger partial charge in [-0.2, -0.15) is 0 Å². The lowest BCUT2D eigenvalue weighted by Gasteiger charge is -2.47.